The minimum atomic E-state index is 0.159. The zero-order chi connectivity index (χ0) is 22.1. The summed E-state index contributed by atoms with van der Waals surface area (Å²) in [5, 5.41) is 2.60. The third-order valence-corrected chi connectivity index (χ3v) is 8.03. The van der Waals surface area contributed by atoms with Gasteiger partial charge in [0, 0.05) is 17.1 Å². The van der Waals surface area contributed by atoms with Gasteiger partial charge in [0.15, 0.2) is 0 Å². The Morgan fingerprint density at radius 2 is 1.28 bits per heavy atom. The molecule has 0 aliphatic heterocycles. The van der Waals surface area contributed by atoms with Gasteiger partial charge >= 0.3 is 0 Å². The molecule has 2 saturated carbocycles. The lowest BCUT2D eigenvalue weighted by molar-refractivity contribution is 0.435. The number of benzene rings is 2. The molecule has 2 aromatic carbocycles. The summed E-state index contributed by atoms with van der Waals surface area (Å²) in [4.78, 5) is 4.94. The van der Waals surface area contributed by atoms with E-state index in [-0.39, 0.29) is 5.41 Å². The van der Waals surface area contributed by atoms with Gasteiger partial charge in [0.25, 0.3) is 0 Å². The third-order valence-electron chi connectivity index (χ3n) is 8.03. The molecule has 3 aromatic rings. The van der Waals surface area contributed by atoms with Gasteiger partial charge in [0.05, 0.1) is 5.69 Å². The maximum Gasteiger partial charge on any atom is 0.0780 e. The molecule has 1 heterocycles. The van der Waals surface area contributed by atoms with Crippen LogP contribution in [0, 0.1) is 0 Å². The van der Waals surface area contributed by atoms with Crippen LogP contribution in [0.4, 0.5) is 0 Å². The molecule has 0 bridgehead atoms. The van der Waals surface area contributed by atoms with E-state index >= 15 is 0 Å². The summed E-state index contributed by atoms with van der Waals surface area (Å²) in [7, 11) is 0. The highest BCUT2D eigenvalue weighted by Crippen LogP contribution is 2.40. The van der Waals surface area contributed by atoms with Crippen LogP contribution in [0.2, 0.25) is 0 Å². The third kappa shape index (κ3) is 4.49. The highest BCUT2D eigenvalue weighted by atomic mass is 14.7. The Labute approximate surface area is 194 Å². The highest BCUT2D eigenvalue weighted by Gasteiger charge is 2.22. The molecular formula is C31H39N. The van der Waals surface area contributed by atoms with Crippen LogP contribution in [-0.4, -0.2) is 4.98 Å². The van der Waals surface area contributed by atoms with Crippen LogP contribution < -0.4 is 0 Å². The fourth-order valence-electron chi connectivity index (χ4n) is 6.03. The van der Waals surface area contributed by atoms with E-state index in [4.69, 9.17) is 4.98 Å². The van der Waals surface area contributed by atoms with Crippen LogP contribution in [0.25, 0.3) is 22.0 Å². The molecule has 0 atom stereocenters. The average Bonchev–Trinajstić information content (AvgIpc) is 2.83. The molecule has 2 aliphatic rings. The molecule has 1 nitrogen and oxygen atoms in total. The maximum absolute atomic E-state index is 4.94. The largest absolute Gasteiger partial charge is 0.256 e. The number of pyridine rings is 1. The van der Waals surface area contributed by atoms with Crippen molar-refractivity contribution >= 4 is 10.8 Å². The lowest BCUT2D eigenvalue weighted by atomic mass is 9.78. The van der Waals surface area contributed by atoms with E-state index in [1.54, 1.807) is 11.1 Å². The first-order valence-corrected chi connectivity index (χ1v) is 13.0. The molecule has 1 heteroatoms. The predicted molar refractivity (Wildman–Crippen MR) is 138 cm³/mol. The van der Waals surface area contributed by atoms with Crippen molar-refractivity contribution in [2.45, 2.75) is 102 Å². The van der Waals surface area contributed by atoms with E-state index < -0.39 is 0 Å². The quantitative estimate of drug-likeness (QED) is 0.407. The minimum absolute atomic E-state index is 0.159. The Balaban J connectivity index is 1.62. The zero-order valence-electron chi connectivity index (χ0n) is 20.3. The zero-order valence-corrected chi connectivity index (χ0v) is 20.3. The number of fused-ring (bicyclic) bond motifs is 1. The van der Waals surface area contributed by atoms with Gasteiger partial charge in [-0.25, -0.2) is 0 Å². The summed E-state index contributed by atoms with van der Waals surface area (Å²) in [5.74, 6) is 1.46. The smallest absolute Gasteiger partial charge is 0.0780 e. The van der Waals surface area contributed by atoms with E-state index in [0.29, 0.717) is 0 Å². The van der Waals surface area contributed by atoms with Gasteiger partial charge in [0.2, 0.25) is 0 Å². The number of aromatic nitrogens is 1. The second kappa shape index (κ2) is 9.00. The maximum atomic E-state index is 4.94. The van der Waals surface area contributed by atoms with Gasteiger partial charge in [-0.05, 0) is 83.2 Å². The fourth-order valence-corrected chi connectivity index (χ4v) is 6.03. The van der Waals surface area contributed by atoms with Gasteiger partial charge in [-0.1, -0.05) is 83.6 Å². The molecule has 2 fully saturated rings. The second-order valence-corrected chi connectivity index (χ2v) is 11.4. The molecule has 0 spiro atoms. The van der Waals surface area contributed by atoms with E-state index in [1.165, 1.54) is 86.1 Å². The molecule has 0 amide bonds. The second-order valence-electron chi connectivity index (χ2n) is 11.4. The molecule has 5 rings (SSSR count). The Morgan fingerprint density at radius 3 is 1.84 bits per heavy atom. The molecule has 0 radical (unpaired) electrons. The molecule has 2 aliphatic carbocycles. The van der Waals surface area contributed by atoms with Crippen LogP contribution >= 0.6 is 0 Å². The lowest BCUT2D eigenvalue weighted by Crippen LogP contribution is -2.10. The summed E-state index contributed by atoms with van der Waals surface area (Å²) in [5.41, 5.74) is 7.20. The Bertz CT molecular complexity index is 1040. The van der Waals surface area contributed by atoms with Crippen molar-refractivity contribution in [1.29, 1.82) is 0 Å². The lowest BCUT2D eigenvalue weighted by Gasteiger charge is -2.27. The first-order valence-electron chi connectivity index (χ1n) is 13.0. The van der Waals surface area contributed by atoms with Gasteiger partial charge < -0.3 is 0 Å². The molecule has 0 saturated heterocycles. The first kappa shape index (κ1) is 21.7. The van der Waals surface area contributed by atoms with Gasteiger partial charge in [-0.3, -0.25) is 4.98 Å². The van der Waals surface area contributed by atoms with Crippen LogP contribution in [0.5, 0.6) is 0 Å². The summed E-state index contributed by atoms with van der Waals surface area (Å²) >= 11 is 0. The van der Waals surface area contributed by atoms with Gasteiger partial charge in [0.1, 0.15) is 0 Å². The Morgan fingerprint density at radius 1 is 0.688 bits per heavy atom. The van der Waals surface area contributed by atoms with Crippen molar-refractivity contribution in [1.82, 2.24) is 4.98 Å². The molecule has 32 heavy (non-hydrogen) atoms. The topological polar surface area (TPSA) is 12.9 Å². The van der Waals surface area contributed by atoms with Gasteiger partial charge in [-0.2, -0.15) is 0 Å². The van der Waals surface area contributed by atoms with E-state index in [0.717, 1.165) is 17.5 Å². The minimum Gasteiger partial charge on any atom is -0.256 e. The standard InChI is InChI=1S/C31H39N/c1-31(2,3)28-14-15-29-24(21-28)16-17-32-30(29)27-19-25(22-10-6-4-7-11-22)18-26(20-27)23-12-8-5-9-13-23/h14-23H,4-13H2,1-3H3. The fraction of sp³-hybridized carbons (Fsp3) is 0.516. The molecular weight excluding hydrogens is 386 g/mol. The molecule has 1 aromatic heterocycles. The molecule has 0 unspecified atom stereocenters. The van der Waals surface area contributed by atoms with Crippen LogP contribution in [0.1, 0.15) is 114 Å². The molecule has 0 N–H and O–H groups in total. The normalized spacial score (nSPS) is 18.8. The summed E-state index contributed by atoms with van der Waals surface area (Å²) in [6.45, 7) is 6.88. The number of nitrogens with zero attached hydrogens (tertiary/aromatic N) is 1. The average molecular weight is 426 g/mol. The van der Waals surface area contributed by atoms with Crippen molar-refractivity contribution in [3.05, 3.63) is 65.4 Å². The van der Waals surface area contributed by atoms with Crippen LogP contribution in [-0.2, 0) is 5.41 Å². The van der Waals surface area contributed by atoms with Gasteiger partial charge in [-0.15, -0.1) is 0 Å². The summed E-state index contributed by atoms with van der Waals surface area (Å²) < 4.78 is 0. The predicted octanol–water partition coefficient (Wildman–Crippen LogP) is 9.29. The number of hydrogen-bond donors (Lipinski definition) is 0. The number of rotatable bonds is 3. The van der Waals surface area contributed by atoms with Crippen molar-refractivity contribution in [2.75, 3.05) is 0 Å². The van der Waals surface area contributed by atoms with E-state index in [2.05, 4.69) is 63.2 Å². The van der Waals surface area contributed by atoms with E-state index in [1.807, 2.05) is 6.20 Å². The molecule has 168 valence electrons. The van der Waals surface area contributed by atoms with Crippen LogP contribution in [0.3, 0.4) is 0 Å². The van der Waals surface area contributed by atoms with E-state index in [9.17, 15) is 0 Å². The van der Waals surface area contributed by atoms with Crippen molar-refractivity contribution < 1.29 is 0 Å². The first-order chi connectivity index (χ1) is 15.5. The van der Waals surface area contributed by atoms with Crippen LogP contribution in [0.15, 0.2) is 48.7 Å². The monoisotopic (exact) mass is 425 g/mol. The van der Waals surface area contributed by atoms with Crippen molar-refractivity contribution in [3.63, 3.8) is 0 Å². The Hall–Kier alpha value is -2.15. The summed E-state index contributed by atoms with van der Waals surface area (Å²) in [6, 6.07) is 16.7. The van der Waals surface area contributed by atoms with Crippen molar-refractivity contribution in [2.24, 2.45) is 0 Å². The highest BCUT2D eigenvalue weighted by molar-refractivity contribution is 5.95. The Kier molecular flexibility index (Phi) is 6.10. The number of hydrogen-bond acceptors (Lipinski definition) is 1. The summed E-state index contributed by atoms with van der Waals surface area (Å²) in [6.07, 6.45) is 15.8. The SMILES string of the molecule is CC(C)(C)c1ccc2c(-c3cc(C4CCCCC4)cc(C4CCCCC4)c3)nccc2c1. The van der Waals surface area contributed by atoms with Crippen molar-refractivity contribution in [3.8, 4) is 11.3 Å².